The smallest absolute Gasteiger partial charge is 0.315 e. The fourth-order valence-electron chi connectivity index (χ4n) is 5.37. The van der Waals surface area contributed by atoms with Gasteiger partial charge in [-0.25, -0.2) is 0 Å². The van der Waals surface area contributed by atoms with Crippen LogP contribution in [0.15, 0.2) is 12.7 Å². The molecule has 0 aliphatic carbocycles. The van der Waals surface area contributed by atoms with Crippen molar-refractivity contribution < 1.29 is 13.0 Å². The van der Waals surface area contributed by atoms with Gasteiger partial charge in [-0.15, -0.1) is 6.58 Å². The highest BCUT2D eigenvalue weighted by Crippen LogP contribution is 2.62. The Morgan fingerprint density at radius 2 is 0.889 bits per heavy atom. The Labute approximate surface area is 172 Å². The average Bonchev–Trinajstić information content (AvgIpc) is 2.48. The molecule has 0 heterocycles. The summed E-state index contributed by atoms with van der Waals surface area (Å²) < 4.78 is 27.8. The molecular formula is C21H47O3PSi2. The fraction of sp³-hybridized carbons (Fsp3) is 0.905. The summed E-state index contributed by atoms with van der Waals surface area (Å²) in [6, 6.07) is 0. The van der Waals surface area contributed by atoms with Gasteiger partial charge in [-0.3, -0.25) is 4.57 Å². The first-order valence-corrected chi connectivity index (χ1v) is 16.8. The van der Waals surface area contributed by atoms with E-state index in [9.17, 15) is 4.57 Å². The van der Waals surface area contributed by atoms with Crippen LogP contribution < -0.4 is 0 Å². The van der Waals surface area contributed by atoms with Crippen LogP contribution in [0.4, 0.5) is 0 Å². The van der Waals surface area contributed by atoms with E-state index in [0.29, 0.717) is 39.4 Å². The summed E-state index contributed by atoms with van der Waals surface area (Å²) in [6.45, 7) is 30.6. The van der Waals surface area contributed by atoms with Crippen molar-refractivity contribution in [1.29, 1.82) is 0 Å². The van der Waals surface area contributed by atoms with Gasteiger partial charge in [0.1, 0.15) is 0 Å². The summed E-state index contributed by atoms with van der Waals surface area (Å²) in [5, 5.41) is 0. The Morgan fingerprint density at radius 1 is 0.667 bits per heavy atom. The SMILES string of the molecule is C=CCP(=O)(O[Si](C(C)C)(C(C)C)C(C)C)O[Si](C(C)C)(C(C)C)C(C)C. The number of allylic oxidation sites excluding steroid dienone is 1. The van der Waals surface area contributed by atoms with E-state index >= 15 is 0 Å². The second-order valence-corrected chi connectivity index (χ2v) is 23.3. The summed E-state index contributed by atoms with van der Waals surface area (Å²) in [5.41, 5.74) is 2.21. The van der Waals surface area contributed by atoms with Crippen molar-refractivity contribution in [2.24, 2.45) is 0 Å². The van der Waals surface area contributed by atoms with E-state index in [-0.39, 0.29) is 0 Å². The molecule has 3 nitrogen and oxygen atoms in total. The summed E-state index contributed by atoms with van der Waals surface area (Å²) in [7, 11) is -7.92. The van der Waals surface area contributed by atoms with Crippen LogP contribution in [0.1, 0.15) is 83.1 Å². The molecule has 0 aliphatic rings. The molecule has 0 rings (SSSR count). The molecule has 0 radical (unpaired) electrons. The van der Waals surface area contributed by atoms with Crippen molar-refractivity contribution in [1.82, 2.24) is 0 Å². The lowest BCUT2D eigenvalue weighted by Crippen LogP contribution is -2.50. The monoisotopic (exact) mass is 434 g/mol. The van der Waals surface area contributed by atoms with Crippen molar-refractivity contribution in [2.75, 3.05) is 6.16 Å². The lowest BCUT2D eigenvalue weighted by atomic mass is 10.5. The molecule has 0 aromatic rings. The van der Waals surface area contributed by atoms with Crippen molar-refractivity contribution >= 4 is 24.2 Å². The van der Waals surface area contributed by atoms with E-state index in [2.05, 4.69) is 89.7 Å². The molecule has 0 atom stereocenters. The fourth-order valence-corrected chi connectivity index (χ4v) is 23.7. The normalized spacial score (nSPS) is 14.4. The number of hydrogen-bond donors (Lipinski definition) is 0. The van der Waals surface area contributed by atoms with Crippen molar-refractivity contribution in [3.8, 4) is 0 Å². The van der Waals surface area contributed by atoms with Gasteiger partial charge in [0, 0.05) is 0 Å². The highest BCUT2D eigenvalue weighted by molar-refractivity contribution is 7.57. The minimum absolute atomic E-state index is 0.300. The maximum Gasteiger partial charge on any atom is 0.315 e. The number of hydrogen-bond acceptors (Lipinski definition) is 3. The molecule has 0 saturated heterocycles. The van der Waals surface area contributed by atoms with Crippen LogP contribution in [0.25, 0.3) is 0 Å². The van der Waals surface area contributed by atoms with Gasteiger partial charge in [-0.05, 0) is 33.2 Å². The van der Waals surface area contributed by atoms with Crippen molar-refractivity contribution in [3.63, 3.8) is 0 Å². The summed E-state index contributed by atoms with van der Waals surface area (Å²) >= 11 is 0. The van der Waals surface area contributed by atoms with E-state index < -0.39 is 24.2 Å². The van der Waals surface area contributed by atoms with E-state index in [0.717, 1.165) is 0 Å². The third-order valence-corrected chi connectivity index (χ3v) is 22.7. The summed E-state index contributed by atoms with van der Waals surface area (Å²) in [5.74, 6) is 0. The molecule has 162 valence electrons. The van der Waals surface area contributed by atoms with Crippen LogP contribution in [0, 0.1) is 0 Å². The average molecular weight is 435 g/mol. The molecule has 0 amide bonds. The molecule has 0 saturated carbocycles. The third kappa shape index (κ3) is 5.69. The second kappa shape index (κ2) is 10.4. The predicted octanol–water partition coefficient (Wildman–Crippen LogP) is 8.75. The minimum Gasteiger partial charge on any atom is -0.350 e. The van der Waals surface area contributed by atoms with Crippen LogP contribution in [-0.4, -0.2) is 22.8 Å². The van der Waals surface area contributed by atoms with Crippen molar-refractivity contribution in [2.45, 2.75) is 116 Å². The maximum absolute atomic E-state index is 14.2. The zero-order chi connectivity index (χ0) is 21.8. The predicted molar refractivity (Wildman–Crippen MR) is 127 cm³/mol. The first kappa shape index (κ1) is 27.3. The van der Waals surface area contributed by atoms with Gasteiger partial charge in [0.2, 0.25) is 16.6 Å². The molecular weight excluding hydrogens is 387 g/mol. The molecule has 6 heteroatoms. The second-order valence-electron chi connectivity index (χ2n) is 9.90. The Hall–Kier alpha value is 0.324. The Morgan fingerprint density at radius 3 is 1.04 bits per heavy atom. The van der Waals surface area contributed by atoms with Gasteiger partial charge in [0.05, 0.1) is 6.16 Å². The molecule has 0 aliphatic heterocycles. The highest BCUT2D eigenvalue weighted by Gasteiger charge is 2.54. The van der Waals surface area contributed by atoms with Gasteiger partial charge in [0.25, 0.3) is 0 Å². The minimum atomic E-state index is -3.28. The lowest BCUT2D eigenvalue weighted by Gasteiger charge is -2.48. The molecule has 0 N–H and O–H groups in total. The van der Waals surface area contributed by atoms with Crippen molar-refractivity contribution in [3.05, 3.63) is 12.7 Å². The first-order chi connectivity index (χ1) is 12.1. The van der Waals surface area contributed by atoms with Gasteiger partial charge in [0.15, 0.2) is 0 Å². The van der Waals surface area contributed by atoms with E-state index in [4.69, 9.17) is 8.43 Å². The quantitative estimate of drug-likeness (QED) is 0.175. The molecule has 0 bridgehead atoms. The van der Waals surface area contributed by atoms with Gasteiger partial charge in [-0.2, -0.15) is 0 Å². The van der Waals surface area contributed by atoms with Crippen LogP contribution in [0.2, 0.25) is 33.2 Å². The summed E-state index contributed by atoms with van der Waals surface area (Å²) in [6.07, 6.45) is 2.02. The van der Waals surface area contributed by atoms with Gasteiger partial charge < -0.3 is 8.43 Å². The zero-order valence-corrected chi connectivity index (χ0v) is 23.0. The highest BCUT2D eigenvalue weighted by atomic mass is 31.2. The molecule has 0 aromatic heterocycles. The van der Waals surface area contributed by atoms with E-state index in [1.807, 2.05) is 0 Å². The standard InChI is InChI=1S/C21H47O3PSi2/c1-14-15-25(22,23-26(16(2)3,17(4)5)18(6)7)24-27(19(8)9,20(10)11)21(12)13/h14,16-21H,1,15H2,2-13H3. The molecule has 0 fully saturated rings. The van der Waals surface area contributed by atoms with Crippen LogP contribution in [0.3, 0.4) is 0 Å². The lowest BCUT2D eigenvalue weighted by molar-refractivity contribution is 0.349. The Kier molecular flexibility index (Phi) is 10.5. The van der Waals surface area contributed by atoms with Crippen LogP contribution in [-0.2, 0) is 13.0 Å². The van der Waals surface area contributed by atoms with Crippen LogP contribution in [0.5, 0.6) is 0 Å². The van der Waals surface area contributed by atoms with Crippen LogP contribution >= 0.6 is 7.60 Å². The Bertz CT molecular complexity index is 432. The first-order valence-electron chi connectivity index (χ1n) is 10.7. The zero-order valence-electron chi connectivity index (χ0n) is 20.1. The number of rotatable bonds is 12. The van der Waals surface area contributed by atoms with E-state index in [1.165, 1.54) is 0 Å². The van der Waals surface area contributed by atoms with E-state index in [1.54, 1.807) is 6.08 Å². The molecule has 0 aromatic carbocycles. The summed E-state index contributed by atoms with van der Waals surface area (Å²) in [4.78, 5) is 0. The molecule has 27 heavy (non-hydrogen) atoms. The van der Waals surface area contributed by atoms with Gasteiger partial charge in [-0.1, -0.05) is 89.2 Å². The maximum atomic E-state index is 14.2. The largest absolute Gasteiger partial charge is 0.350 e. The Balaban J connectivity index is 6.39. The topological polar surface area (TPSA) is 35.5 Å². The molecule has 0 spiro atoms. The van der Waals surface area contributed by atoms with Gasteiger partial charge >= 0.3 is 7.60 Å². The third-order valence-electron chi connectivity index (χ3n) is 6.36. The molecule has 0 unspecified atom stereocenters.